The van der Waals surface area contributed by atoms with Gasteiger partial charge in [0.05, 0.1) is 12.1 Å². The Morgan fingerprint density at radius 1 is 0.348 bits per heavy atom. The Hall–Kier alpha value is -9.96. The van der Waals surface area contributed by atoms with Crippen LogP contribution in [0, 0.1) is 11.8 Å². The summed E-state index contributed by atoms with van der Waals surface area (Å²) in [4.78, 5) is 161. The number of hydrogen-bond donors (Lipinski definition) is 16. The Morgan fingerprint density at radius 3 is 0.946 bits per heavy atom. The first-order chi connectivity index (χ1) is 43.5. The van der Waals surface area contributed by atoms with Crippen LogP contribution >= 0.6 is 0 Å². The minimum atomic E-state index is -1.56. The third-order valence-corrected chi connectivity index (χ3v) is 14.6. The number of carbonyl (C=O) groups is 12. The van der Waals surface area contributed by atoms with Gasteiger partial charge in [-0.2, -0.15) is 0 Å². The van der Waals surface area contributed by atoms with E-state index < -0.39 is 169 Å². The van der Waals surface area contributed by atoms with Crippen molar-refractivity contribution in [1.82, 2.24) is 53.2 Å². The third-order valence-electron chi connectivity index (χ3n) is 14.6. The van der Waals surface area contributed by atoms with Crippen molar-refractivity contribution in [2.24, 2.45) is 23.3 Å². The molecule has 0 spiro atoms. The number of aromatic hydroxyl groups is 2. The highest BCUT2D eigenvalue weighted by molar-refractivity contribution is 5.98. The number of nitrogens with one attached hydrogen (secondary N) is 10. The lowest BCUT2D eigenvalue weighted by molar-refractivity contribution is -0.139. The van der Waals surface area contributed by atoms with Crippen LogP contribution in [-0.2, 0) is 83.2 Å². The molecule has 0 saturated heterocycles. The van der Waals surface area contributed by atoms with E-state index >= 15 is 0 Å². The van der Waals surface area contributed by atoms with E-state index in [-0.39, 0.29) is 50.3 Å². The maximum atomic E-state index is 14.1. The molecule has 18 N–H and O–H groups in total. The zero-order chi connectivity index (χ0) is 68.2. The van der Waals surface area contributed by atoms with Crippen molar-refractivity contribution in [2.45, 2.75) is 153 Å². The smallest absolute Gasteiger partial charge is 0.303 e. The SMILES string of the molecule is CC(C)[C@H](NC(=O)[C@H](CCC(=O)O)NC(=O)[C@H](Cc1ccccc1)NC(=O)[C@@H](C)NC(=O)[C@@H](N)Cc1ccc(O)cc1)C(=O)NCCNC(=O)[C@@H](NC(=O)[C@H](CCC(=O)O)NC(=O)[C@H](Cc1ccccc1)NC(=O)[C@@H](C)NC(=O)[C@@H](N)Cc1ccc(O)cc1)C(C)C. The van der Waals surface area contributed by atoms with Crippen molar-refractivity contribution in [2.75, 3.05) is 13.1 Å². The summed E-state index contributed by atoms with van der Waals surface area (Å²) < 4.78 is 0. The monoisotopic (exact) mass is 1280 g/mol. The van der Waals surface area contributed by atoms with Gasteiger partial charge < -0.3 is 85.1 Å². The van der Waals surface area contributed by atoms with Crippen molar-refractivity contribution < 1.29 is 78.0 Å². The van der Waals surface area contributed by atoms with Crippen LogP contribution in [0.2, 0.25) is 0 Å². The third kappa shape index (κ3) is 25.9. The Balaban J connectivity index is 1.39. The van der Waals surface area contributed by atoms with Crippen molar-refractivity contribution in [3.63, 3.8) is 0 Å². The van der Waals surface area contributed by atoms with Gasteiger partial charge >= 0.3 is 11.9 Å². The molecule has 0 unspecified atom stereocenters. The lowest BCUT2D eigenvalue weighted by atomic mass is 10.0. The van der Waals surface area contributed by atoms with E-state index in [4.69, 9.17) is 11.5 Å². The van der Waals surface area contributed by atoms with Gasteiger partial charge in [-0.3, -0.25) is 57.5 Å². The first-order valence-electron chi connectivity index (χ1n) is 30.1. The summed E-state index contributed by atoms with van der Waals surface area (Å²) in [6, 6.07) is 16.0. The summed E-state index contributed by atoms with van der Waals surface area (Å²) in [5, 5.41) is 64.1. The number of hydrogen-bond acceptors (Lipinski definition) is 16. The van der Waals surface area contributed by atoms with Crippen molar-refractivity contribution in [3.8, 4) is 11.5 Å². The number of carbonyl (C=O) groups excluding carboxylic acids is 10. The molecule has 28 heteroatoms. The maximum Gasteiger partial charge on any atom is 0.303 e. The van der Waals surface area contributed by atoms with Crippen molar-refractivity contribution in [3.05, 3.63) is 131 Å². The van der Waals surface area contributed by atoms with Crippen LogP contribution in [0.3, 0.4) is 0 Å². The van der Waals surface area contributed by atoms with Gasteiger partial charge in [0.1, 0.15) is 59.8 Å². The van der Waals surface area contributed by atoms with Crippen LogP contribution in [0.1, 0.15) is 89.5 Å². The molecule has 28 nitrogen and oxygen atoms in total. The second-order valence-electron chi connectivity index (χ2n) is 22.9. The average Bonchev–Trinajstić information content (AvgIpc) is 1.52. The van der Waals surface area contributed by atoms with Crippen LogP contribution in [0.25, 0.3) is 0 Å². The van der Waals surface area contributed by atoms with Gasteiger partial charge in [-0.15, -0.1) is 0 Å². The molecular formula is C64H86N12O16. The van der Waals surface area contributed by atoms with E-state index in [9.17, 15) is 78.0 Å². The van der Waals surface area contributed by atoms with Crippen LogP contribution in [-0.4, -0.2) is 165 Å². The van der Waals surface area contributed by atoms with E-state index in [0.29, 0.717) is 22.3 Å². The fraction of sp³-hybridized carbons (Fsp3) is 0.438. The number of carboxylic acids is 2. The zero-order valence-corrected chi connectivity index (χ0v) is 52.2. The van der Waals surface area contributed by atoms with Gasteiger partial charge in [-0.1, -0.05) is 113 Å². The molecule has 0 aliphatic carbocycles. The number of amides is 10. The molecule has 0 fully saturated rings. The standard InChI is InChI=1S/C64H86N12O16/c1-35(2)53(75-59(87)47(25-27-51(79)80)71-61(89)49(33-39-13-9-7-10-14-39)73-55(83)37(5)69-57(85)45(65)31-41-17-21-43(77)22-18-41)63(91)67-29-30-68-64(92)54(36(3)4)76-60(88)48(26-28-52(81)82)72-62(90)50(34-40-15-11-8-12-16-40)74-56(84)38(6)70-58(86)46(66)32-42-19-23-44(78)24-20-42/h7-24,35-38,45-50,53-54,77-78H,25-34,65-66H2,1-6H3,(H,67,91)(H,68,92)(H,69,85)(H,70,86)(H,71,89)(H,72,90)(H,73,83)(H,74,84)(H,75,87)(H,76,88)(H,79,80)(H,81,82)/t37-,38-,45+,46+,47+,48+,49+,50+,53+,54+/m1/s1. The predicted molar refractivity (Wildman–Crippen MR) is 336 cm³/mol. The van der Waals surface area contributed by atoms with Crippen molar-refractivity contribution in [1.29, 1.82) is 0 Å². The zero-order valence-electron chi connectivity index (χ0n) is 52.2. The number of phenols is 2. The Bertz CT molecular complexity index is 2950. The second kappa shape index (κ2) is 37.3. The number of aliphatic carboxylic acids is 2. The Kier molecular flexibility index (Phi) is 30.2. The molecule has 4 aromatic rings. The fourth-order valence-electron chi connectivity index (χ4n) is 9.23. The molecule has 10 atom stereocenters. The minimum Gasteiger partial charge on any atom is -0.508 e. The first-order valence-corrected chi connectivity index (χ1v) is 30.1. The molecule has 0 bridgehead atoms. The maximum absolute atomic E-state index is 14.1. The van der Waals surface area contributed by atoms with Gasteiger partial charge in [0, 0.05) is 38.8 Å². The molecule has 4 rings (SSSR count). The predicted octanol–water partition coefficient (Wildman–Crippen LogP) is -0.785. The summed E-state index contributed by atoms with van der Waals surface area (Å²) >= 11 is 0. The summed E-state index contributed by atoms with van der Waals surface area (Å²) in [6.07, 6.45) is -2.16. The lowest BCUT2D eigenvalue weighted by Gasteiger charge is -2.28. The van der Waals surface area contributed by atoms with E-state index in [0.717, 1.165) is 0 Å². The van der Waals surface area contributed by atoms with E-state index in [1.165, 1.54) is 38.1 Å². The highest BCUT2D eigenvalue weighted by Gasteiger charge is 2.35. The number of carboxylic acid groups (broad SMARTS) is 2. The van der Waals surface area contributed by atoms with Gasteiger partial charge in [-0.25, -0.2) is 0 Å². The van der Waals surface area contributed by atoms with E-state index in [1.54, 1.807) is 113 Å². The molecule has 4 aromatic carbocycles. The first kappa shape index (κ1) is 74.5. The molecule has 0 aliphatic rings. The number of rotatable bonds is 37. The molecular weight excluding hydrogens is 1190 g/mol. The molecule has 10 amide bonds. The van der Waals surface area contributed by atoms with E-state index in [1.807, 2.05) is 0 Å². The van der Waals surface area contributed by atoms with Gasteiger partial charge in [-0.05, 0) is 97.9 Å². The lowest BCUT2D eigenvalue weighted by Crippen LogP contribution is -2.60. The van der Waals surface area contributed by atoms with E-state index in [2.05, 4.69) is 53.2 Å². The minimum absolute atomic E-state index is 0.0212. The summed E-state index contributed by atoms with van der Waals surface area (Å²) in [5.74, 6) is -11.9. The van der Waals surface area contributed by atoms with Gasteiger partial charge in [0.15, 0.2) is 0 Å². The number of benzene rings is 4. The van der Waals surface area contributed by atoms with Crippen molar-refractivity contribution >= 4 is 71.0 Å². The molecule has 0 heterocycles. The summed E-state index contributed by atoms with van der Waals surface area (Å²) in [7, 11) is 0. The van der Waals surface area contributed by atoms with Crippen LogP contribution in [0.4, 0.5) is 0 Å². The number of nitrogens with two attached hydrogens (primary N) is 2. The number of phenolic OH excluding ortho intramolecular Hbond substituents is 2. The molecule has 0 aromatic heterocycles. The quantitative estimate of drug-likeness (QED) is 0.0246. The Labute approximate surface area is 532 Å². The molecule has 0 aliphatic heterocycles. The molecule has 0 radical (unpaired) electrons. The van der Waals surface area contributed by atoms with Gasteiger partial charge in [0.2, 0.25) is 59.1 Å². The average molecular weight is 1280 g/mol. The largest absolute Gasteiger partial charge is 0.508 e. The molecule has 92 heavy (non-hydrogen) atoms. The highest BCUT2D eigenvalue weighted by Crippen LogP contribution is 2.15. The molecule has 498 valence electrons. The topological polar surface area (TPSA) is 458 Å². The summed E-state index contributed by atoms with van der Waals surface area (Å²) in [5.41, 5.74) is 14.7. The second-order valence-corrected chi connectivity index (χ2v) is 22.9. The van der Waals surface area contributed by atoms with Crippen LogP contribution in [0.5, 0.6) is 11.5 Å². The summed E-state index contributed by atoms with van der Waals surface area (Å²) in [6.45, 7) is 8.70. The highest BCUT2D eigenvalue weighted by atomic mass is 16.4. The Morgan fingerprint density at radius 2 is 0.641 bits per heavy atom. The normalized spacial score (nSPS) is 14.3. The van der Waals surface area contributed by atoms with Crippen LogP contribution < -0.4 is 64.6 Å². The van der Waals surface area contributed by atoms with Crippen LogP contribution in [0.15, 0.2) is 109 Å². The fourth-order valence-corrected chi connectivity index (χ4v) is 9.23. The molecule has 0 saturated carbocycles. The van der Waals surface area contributed by atoms with Gasteiger partial charge in [0.25, 0.3) is 0 Å².